The van der Waals surface area contributed by atoms with Crippen LogP contribution in [-0.2, 0) is 0 Å². The van der Waals surface area contributed by atoms with Gasteiger partial charge in [-0.3, -0.25) is 0 Å². The van der Waals surface area contributed by atoms with Crippen molar-refractivity contribution in [1.82, 2.24) is 10.2 Å². The van der Waals surface area contributed by atoms with Crippen molar-refractivity contribution in [2.45, 2.75) is 12.8 Å². The van der Waals surface area contributed by atoms with Crippen LogP contribution in [0.2, 0.25) is 0 Å². The third kappa shape index (κ3) is 5.99. The first-order chi connectivity index (χ1) is 9.38. The van der Waals surface area contributed by atoms with E-state index in [4.69, 9.17) is 9.47 Å². The van der Waals surface area contributed by atoms with E-state index in [9.17, 15) is 0 Å². The SMILES string of the molecule is COc1cccc(OCCCCN2CCNCC2)c1.Cl. The van der Waals surface area contributed by atoms with E-state index in [1.807, 2.05) is 24.3 Å². The number of unbranched alkanes of at least 4 members (excludes halogenated alkanes) is 1. The maximum atomic E-state index is 5.73. The Bertz CT molecular complexity index is 371. The molecule has 114 valence electrons. The molecule has 1 saturated heterocycles. The molecule has 0 aromatic heterocycles. The Morgan fingerprint density at radius 2 is 1.90 bits per heavy atom. The third-order valence-electron chi connectivity index (χ3n) is 3.39. The second-order valence-electron chi connectivity index (χ2n) is 4.83. The Hall–Kier alpha value is -0.970. The van der Waals surface area contributed by atoms with E-state index in [2.05, 4.69) is 10.2 Å². The number of rotatable bonds is 7. The van der Waals surface area contributed by atoms with Crippen molar-refractivity contribution in [2.24, 2.45) is 0 Å². The van der Waals surface area contributed by atoms with Crippen molar-refractivity contribution in [3.05, 3.63) is 24.3 Å². The first kappa shape index (κ1) is 17.1. The Morgan fingerprint density at radius 3 is 2.65 bits per heavy atom. The van der Waals surface area contributed by atoms with Gasteiger partial charge in [-0.05, 0) is 31.5 Å². The number of nitrogens with one attached hydrogen (secondary N) is 1. The van der Waals surface area contributed by atoms with Gasteiger partial charge >= 0.3 is 0 Å². The smallest absolute Gasteiger partial charge is 0.122 e. The maximum Gasteiger partial charge on any atom is 0.122 e. The van der Waals surface area contributed by atoms with Gasteiger partial charge in [0, 0.05) is 32.2 Å². The minimum Gasteiger partial charge on any atom is -0.497 e. The number of hydrogen-bond acceptors (Lipinski definition) is 4. The molecule has 0 atom stereocenters. The fraction of sp³-hybridized carbons (Fsp3) is 0.600. The highest BCUT2D eigenvalue weighted by Crippen LogP contribution is 2.18. The summed E-state index contributed by atoms with van der Waals surface area (Å²) in [5, 5.41) is 3.37. The lowest BCUT2D eigenvalue weighted by Gasteiger charge is -2.26. The standard InChI is InChI=1S/C15H24N2O2.ClH/c1-18-14-5-4-6-15(13-14)19-12-3-2-9-17-10-7-16-8-11-17;/h4-6,13,16H,2-3,7-12H2,1H3;1H. The fourth-order valence-corrected chi connectivity index (χ4v) is 2.25. The van der Waals surface area contributed by atoms with E-state index in [-0.39, 0.29) is 12.4 Å². The molecule has 1 aromatic carbocycles. The minimum atomic E-state index is 0. The zero-order chi connectivity index (χ0) is 13.3. The van der Waals surface area contributed by atoms with Gasteiger partial charge in [0.05, 0.1) is 13.7 Å². The van der Waals surface area contributed by atoms with Gasteiger partial charge in [-0.25, -0.2) is 0 Å². The number of ether oxygens (including phenoxy) is 2. The number of benzene rings is 1. The average molecular weight is 301 g/mol. The second kappa shape index (κ2) is 9.86. The van der Waals surface area contributed by atoms with Crippen molar-refractivity contribution >= 4 is 12.4 Å². The predicted octanol–water partition coefficient (Wildman–Crippen LogP) is 2.18. The van der Waals surface area contributed by atoms with Crippen molar-refractivity contribution in [3.63, 3.8) is 0 Å². The van der Waals surface area contributed by atoms with Crippen LogP contribution >= 0.6 is 12.4 Å². The van der Waals surface area contributed by atoms with Gasteiger partial charge in [-0.15, -0.1) is 12.4 Å². The molecule has 2 rings (SSSR count). The highest BCUT2D eigenvalue weighted by atomic mass is 35.5. The van der Waals surface area contributed by atoms with Gasteiger partial charge in [-0.1, -0.05) is 6.07 Å². The van der Waals surface area contributed by atoms with Crippen molar-refractivity contribution < 1.29 is 9.47 Å². The van der Waals surface area contributed by atoms with E-state index in [1.165, 1.54) is 26.1 Å². The summed E-state index contributed by atoms with van der Waals surface area (Å²) >= 11 is 0. The molecule has 0 radical (unpaired) electrons. The van der Waals surface area contributed by atoms with Crippen molar-refractivity contribution in [3.8, 4) is 11.5 Å². The van der Waals surface area contributed by atoms with Crippen LogP contribution in [0.5, 0.6) is 11.5 Å². The van der Waals surface area contributed by atoms with Crippen LogP contribution in [0.15, 0.2) is 24.3 Å². The quantitative estimate of drug-likeness (QED) is 0.783. The Labute approximate surface area is 127 Å². The lowest BCUT2D eigenvalue weighted by atomic mass is 10.2. The van der Waals surface area contributed by atoms with E-state index in [0.29, 0.717) is 0 Å². The first-order valence-corrected chi connectivity index (χ1v) is 7.08. The van der Waals surface area contributed by atoms with Gasteiger partial charge in [0.25, 0.3) is 0 Å². The number of halogens is 1. The van der Waals surface area contributed by atoms with Gasteiger partial charge in [0.15, 0.2) is 0 Å². The molecule has 0 bridgehead atoms. The van der Waals surface area contributed by atoms with Crippen molar-refractivity contribution in [2.75, 3.05) is 46.4 Å². The third-order valence-corrected chi connectivity index (χ3v) is 3.39. The molecular weight excluding hydrogens is 276 g/mol. The molecular formula is C15H25ClN2O2. The molecule has 0 unspecified atom stereocenters. The highest BCUT2D eigenvalue weighted by molar-refractivity contribution is 5.85. The Balaban J connectivity index is 0.00000200. The number of piperazine rings is 1. The zero-order valence-corrected chi connectivity index (χ0v) is 13.0. The summed E-state index contributed by atoms with van der Waals surface area (Å²) in [4.78, 5) is 2.52. The second-order valence-corrected chi connectivity index (χ2v) is 4.83. The summed E-state index contributed by atoms with van der Waals surface area (Å²) in [5.41, 5.74) is 0. The first-order valence-electron chi connectivity index (χ1n) is 7.08. The van der Waals surface area contributed by atoms with Gasteiger partial charge in [0.1, 0.15) is 11.5 Å². The van der Waals surface area contributed by atoms with Crippen LogP contribution in [0.3, 0.4) is 0 Å². The van der Waals surface area contributed by atoms with E-state index in [0.717, 1.165) is 37.6 Å². The minimum absolute atomic E-state index is 0. The van der Waals surface area contributed by atoms with E-state index >= 15 is 0 Å². The number of methoxy groups -OCH3 is 1. The molecule has 1 heterocycles. The summed E-state index contributed by atoms with van der Waals surface area (Å²) in [7, 11) is 1.67. The molecule has 5 heteroatoms. The average Bonchev–Trinajstić information content (AvgIpc) is 2.48. The zero-order valence-electron chi connectivity index (χ0n) is 12.1. The number of hydrogen-bond donors (Lipinski definition) is 1. The molecule has 0 saturated carbocycles. The van der Waals surface area contributed by atoms with Crippen LogP contribution in [0.25, 0.3) is 0 Å². The fourth-order valence-electron chi connectivity index (χ4n) is 2.25. The topological polar surface area (TPSA) is 33.7 Å². The van der Waals surface area contributed by atoms with Crippen molar-refractivity contribution in [1.29, 1.82) is 0 Å². The molecule has 1 fully saturated rings. The Kier molecular flexibility index (Phi) is 8.42. The van der Waals surface area contributed by atoms with Crippen LogP contribution in [0.1, 0.15) is 12.8 Å². The highest BCUT2D eigenvalue weighted by Gasteiger charge is 2.08. The Morgan fingerprint density at radius 1 is 1.15 bits per heavy atom. The predicted molar refractivity (Wildman–Crippen MR) is 84.3 cm³/mol. The lowest BCUT2D eigenvalue weighted by molar-refractivity contribution is 0.226. The molecule has 0 spiro atoms. The molecule has 0 aliphatic carbocycles. The largest absolute Gasteiger partial charge is 0.497 e. The van der Waals surface area contributed by atoms with Crippen LogP contribution in [0.4, 0.5) is 0 Å². The summed E-state index contributed by atoms with van der Waals surface area (Å²) in [5.74, 6) is 1.74. The molecule has 20 heavy (non-hydrogen) atoms. The van der Waals surface area contributed by atoms with Crippen LogP contribution in [0, 0.1) is 0 Å². The normalized spacial score (nSPS) is 15.4. The summed E-state index contributed by atoms with van der Waals surface area (Å²) in [6.07, 6.45) is 2.30. The molecule has 1 N–H and O–H groups in total. The summed E-state index contributed by atoms with van der Waals surface area (Å²) < 4.78 is 10.9. The monoisotopic (exact) mass is 300 g/mol. The molecule has 4 nitrogen and oxygen atoms in total. The van der Waals surface area contributed by atoms with E-state index in [1.54, 1.807) is 7.11 Å². The molecule has 1 aromatic rings. The van der Waals surface area contributed by atoms with E-state index < -0.39 is 0 Å². The van der Waals surface area contributed by atoms with Gasteiger partial charge < -0.3 is 19.7 Å². The summed E-state index contributed by atoms with van der Waals surface area (Å²) in [6.45, 7) is 6.57. The van der Waals surface area contributed by atoms with Gasteiger partial charge in [-0.2, -0.15) is 0 Å². The van der Waals surface area contributed by atoms with Crippen LogP contribution in [-0.4, -0.2) is 51.3 Å². The molecule has 1 aliphatic rings. The molecule has 0 amide bonds. The summed E-state index contributed by atoms with van der Waals surface area (Å²) in [6, 6.07) is 7.78. The maximum absolute atomic E-state index is 5.73. The van der Waals surface area contributed by atoms with Gasteiger partial charge in [0.2, 0.25) is 0 Å². The number of nitrogens with zero attached hydrogens (tertiary/aromatic N) is 1. The lowest BCUT2D eigenvalue weighted by Crippen LogP contribution is -2.43. The molecule has 1 aliphatic heterocycles. The van der Waals surface area contributed by atoms with Crippen LogP contribution < -0.4 is 14.8 Å².